The predicted octanol–water partition coefficient (Wildman–Crippen LogP) is 5.90. The van der Waals surface area contributed by atoms with Gasteiger partial charge in [0.05, 0.1) is 29.8 Å². The van der Waals surface area contributed by atoms with Crippen molar-refractivity contribution in [3.63, 3.8) is 0 Å². The molecule has 0 spiro atoms. The van der Waals surface area contributed by atoms with Gasteiger partial charge in [0.1, 0.15) is 18.6 Å². The Balaban J connectivity index is 1.39. The van der Waals surface area contributed by atoms with Crippen LogP contribution in [-0.4, -0.2) is 73.3 Å². The summed E-state index contributed by atoms with van der Waals surface area (Å²) >= 11 is 6.54. The second-order valence-corrected chi connectivity index (χ2v) is 13.9. The lowest BCUT2D eigenvalue weighted by Gasteiger charge is -2.41. The summed E-state index contributed by atoms with van der Waals surface area (Å²) in [5, 5.41) is 7.13. The summed E-state index contributed by atoms with van der Waals surface area (Å²) in [6.45, 7) is 7.09. The van der Waals surface area contributed by atoms with E-state index in [2.05, 4.69) is 20.2 Å². The molecule has 4 aromatic rings. The van der Waals surface area contributed by atoms with Gasteiger partial charge in [-0.1, -0.05) is 68.8 Å². The van der Waals surface area contributed by atoms with Gasteiger partial charge >= 0.3 is 6.09 Å². The first-order valence-electron chi connectivity index (χ1n) is 15.2. The lowest BCUT2D eigenvalue weighted by Crippen LogP contribution is -2.59. The molecule has 11 nitrogen and oxygen atoms in total. The maximum atomic E-state index is 14.9. The van der Waals surface area contributed by atoms with Crippen molar-refractivity contribution in [1.29, 1.82) is 0 Å². The molecular weight excluding hydrogens is 623 g/mol. The number of hydrogen-bond acceptors (Lipinski definition) is 8. The summed E-state index contributed by atoms with van der Waals surface area (Å²) in [4.78, 5) is 44.0. The highest BCUT2D eigenvalue weighted by molar-refractivity contribution is 6.33. The number of nitrogens with zero attached hydrogens (tertiary/aromatic N) is 6. The van der Waals surface area contributed by atoms with E-state index < -0.39 is 23.3 Å². The fourth-order valence-electron chi connectivity index (χ4n) is 6.23. The molecule has 4 heterocycles. The van der Waals surface area contributed by atoms with Crippen molar-refractivity contribution >= 4 is 29.6 Å². The second-order valence-electron chi connectivity index (χ2n) is 13.5. The van der Waals surface area contributed by atoms with Gasteiger partial charge in [0.25, 0.3) is 5.91 Å². The molecule has 1 fully saturated rings. The molecule has 2 aliphatic heterocycles. The molecule has 1 saturated heterocycles. The van der Waals surface area contributed by atoms with E-state index in [9.17, 15) is 14.0 Å². The number of aliphatic imine (C=N–C) groups is 1. The molecule has 13 heteroatoms. The van der Waals surface area contributed by atoms with Crippen molar-refractivity contribution < 1.29 is 18.7 Å². The second kappa shape index (κ2) is 12.1. The van der Waals surface area contributed by atoms with Crippen molar-refractivity contribution in [3.05, 3.63) is 89.3 Å². The zero-order valence-corrected chi connectivity index (χ0v) is 27.3. The van der Waals surface area contributed by atoms with Crippen LogP contribution in [-0.2, 0) is 15.1 Å². The number of carbonyl (C=O) groups is 2. The lowest BCUT2D eigenvalue weighted by atomic mass is 9.75. The molecule has 0 bridgehead atoms. The molecule has 3 N–H and O–H groups in total. The zero-order valence-electron chi connectivity index (χ0n) is 26.6. The number of alkyl halides is 1. The average Bonchev–Trinajstić information content (AvgIpc) is 3.63. The number of H-pyrrole nitrogens is 1. The van der Waals surface area contributed by atoms with E-state index in [0.717, 1.165) is 11.3 Å². The monoisotopic (exact) mass is 658 g/mol. The number of carbonyl (C=O) groups excluding carboxylic acids is 2. The minimum Gasteiger partial charge on any atom is -0.447 e. The number of pyridine rings is 1. The minimum atomic E-state index is -1.47. The third kappa shape index (κ3) is 6.42. The molecule has 2 aliphatic rings. The van der Waals surface area contributed by atoms with Crippen LogP contribution in [0.25, 0.3) is 22.6 Å². The van der Waals surface area contributed by atoms with E-state index in [0.29, 0.717) is 34.0 Å². The van der Waals surface area contributed by atoms with Gasteiger partial charge in [-0.05, 0) is 54.2 Å². The van der Waals surface area contributed by atoms with Gasteiger partial charge in [0.2, 0.25) is 0 Å². The Hall–Kier alpha value is -4.84. The number of guanidine groups is 1. The third-order valence-corrected chi connectivity index (χ3v) is 8.58. The van der Waals surface area contributed by atoms with Crippen molar-refractivity contribution in [3.8, 4) is 22.6 Å². The molecular formula is C34H36ClFN8O3. The Labute approximate surface area is 277 Å². The molecule has 0 radical (unpaired) electrons. The van der Waals surface area contributed by atoms with E-state index in [1.54, 1.807) is 24.4 Å². The number of nitrogens with two attached hydrogens (primary N) is 1. The Morgan fingerprint density at radius 3 is 2.49 bits per heavy atom. The van der Waals surface area contributed by atoms with Crippen LogP contribution in [0.2, 0.25) is 5.02 Å². The first-order valence-corrected chi connectivity index (χ1v) is 15.6. The SMILES string of the molecule is CC(C)(C)C[C@]1(c2ccc(-c3ccccn3)cc2)N=C(N)N([C@H](COC(=O)N2CC(C)(F)C2)c2ccc(Cl)c(-c3ncn[nH]3)c2)C1=O. The smallest absolute Gasteiger partial charge is 0.410 e. The predicted molar refractivity (Wildman–Crippen MR) is 176 cm³/mol. The van der Waals surface area contributed by atoms with Gasteiger partial charge in [-0.3, -0.25) is 19.8 Å². The molecule has 6 rings (SSSR count). The first kappa shape index (κ1) is 32.1. The number of amides is 2. The molecule has 2 aromatic heterocycles. The van der Waals surface area contributed by atoms with Crippen LogP contribution in [0.5, 0.6) is 0 Å². The van der Waals surface area contributed by atoms with Crippen LogP contribution in [0.4, 0.5) is 9.18 Å². The topological polar surface area (TPSA) is 143 Å². The van der Waals surface area contributed by atoms with E-state index in [1.165, 1.54) is 23.1 Å². The summed E-state index contributed by atoms with van der Waals surface area (Å²) < 4.78 is 19.9. The van der Waals surface area contributed by atoms with E-state index >= 15 is 0 Å². The average molecular weight is 659 g/mol. The van der Waals surface area contributed by atoms with E-state index in [1.807, 2.05) is 63.2 Å². The molecule has 2 aromatic carbocycles. The zero-order chi connectivity index (χ0) is 33.6. The van der Waals surface area contributed by atoms with Crippen molar-refractivity contribution in [2.75, 3.05) is 19.7 Å². The Kier molecular flexibility index (Phi) is 8.25. The highest BCUT2D eigenvalue weighted by Gasteiger charge is 2.53. The number of likely N-dealkylation sites (tertiary alicyclic amines) is 1. The number of ether oxygens (including phenoxy) is 1. The van der Waals surface area contributed by atoms with Crippen LogP contribution in [0.3, 0.4) is 0 Å². The summed E-state index contributed by atoms with van der Waals surface area (Å²) in [7, 11) is 0. The third-order valence-electron chi connectivity index (χ3n) is 8.26. The number of aromatic nitrogens is 4. The number of aromatic amines is 1. The number of halogens is 2. The van der Waals surface area contributed by atoms with Gasteiger partial charge in [-0.25, -0.2) is 19.2 Å². The summed E-state index contributed by atoms with van der Waals surface area (Å²) in [6, 6.07) is 17.5. The maximum absolute atomic E-state index is 14.9. The summed E-state index contributed by atoms with van der Waals surface area (Å²) in [5.41, 5.74) is 6.93. The fourth-order valence-corrected chi connectivity index (χ4v) is 6.44. The molecule has 0 aliphatic carbocycles. The summed E-state index contributed by atoms with van der Waals surface area (Å²) in [6.07, 6.45) is 2.74. The largest absolute Gasteiger partial charge is 0.447 e. The molecule has 244 valence electrons. The van der Waals surface area contributed by atoms with Crippen LogP contribution in [0, 0.1) is 5.41 Å². The van der Waals surface area contributed by atoms with Gasteiger partial charge in [0, 0.05) is 17.3 Å². The normalized spacial score (nSPS) is 19.7. The van der Waals surface area contributed by atoms with E-state index in [-0.39, 0.29) is 37.0 Å². The molecule has 2 atom stereocenters. The highest BCUT2D eigenvalue weighted by Crippen LogP contribution is 2.45. The van der Waals surface area contributed by atoms with E-state index in [4.69, 9.17) is 27.1 Å². The Morgan fingerprint density at radius 1 is 1.13 bits per heavy atom. The number of rotatable bonds is 8. The first-order chi connectivity index (χ1) is 22.3. The lowest BCUT2D eigenvalue weighted by molar-refractivity contribution is -0.135. The number of hydrogen-bond donors (Lipinski definition) is 2. The van der Waals surface area contributed by atoms with Gasteiger partial charge in [-0.2, -0.15) is 5.10 Å². The van der Waals surface area contributed by atoms with Crippen LogP contribution in [0.1, 0.15) is 51.3 Å². The van der Waals surface area contributed by atoms with Gasteiger partial charge in [0.15, 0.2) is 17.3 Å². The molecule has 47 heavy (non-hydrogen) atoms. The maximum Gasteiger partial charge on any atom is 0.410 e. The molecule has 0 unspecified atom stereocenters. The van der Waals surface area contributed by atoms with Crippen LogP contribution in [0.15, 0.2) is 78.2 Å². The van der Waals surface area contributed by atoms with Crippen LogP contribution >= 0.6 is 11.6 Å². The Bertz CT molecular complexity index is 1800. The summed E-state index contributed by atoms with van der Waals surface area (Å²) in [5.74, 6) is 0.0263. The van der Waals surface area contributed by atoms with Crippen molar-refractivity contribution in [2.24, 2.45) is 16.1 Å². The Morgan fingerprint density at radius 2 is 1.87 bits per heavy atom. The quantitative estimate of drug-likeness (QED) is 0.240. The fraction of sp³-hybridized carbons (Fsp3) is 0.353. The standard InChI is InChI=1S/C34H36ClFN8O3/c1-32(2,3)17-34(23-11-8-21(9-12-23)26-7-5-6-14-38-26)29(45)44(30(37)41-34)27(16-47-31(46)43-18-33(4,36)19-43)22-10-13-25(35)24(15-22)28-39-20-40-42-28/h5-15,20,27H,16-19H2,1-4H3,(H2,37,41)(H,39,40,42)/t27-,34-/m1/s1. The minimum absolute atomic E-state index is 0.0226. The highest BCUT2D eigenvalue weighted by atomic mass is 35.5. The van der Waals surface area contributed by atoms with Crippen molar-refractivity contribution in [2.45, 2.75) is 51.4 Å². The number of nitrogens with one attached hydrogen (secondary N) is 1. The van der Waals surface area contributed by atoms with Gasteiger partial charge < -0.3 is 15.4 Å². The van der Waals surface area contributed by atoms with Gasteiger partial charge in [-0.15, -0.1) is 0 Å². The van der Waals surface area contributed by atoms with Crippen LogP contribution < -0.4 is 5.73 Å². The number of benzene rings is 2. The van der Waals surface area contributed by atoms with Crippen molar-refractivity contribution in [1.82, 2.24) is 30.0 Å². The molecule has 0 saturated carbocycles. The molecule has 2 amide bonds.